The van der Waals surface area contributed by atoms with Gasteiger partial charge in [0.1, 0.15) is 17.3 Å². The highest BCUT2D eigenvalue weighted by atomic mass is 35.5. The number of rotatable bonds is 9. The summed E-state index contributed by atoms with van der Waals surface area (Å²) in [6.07, 6.45) is 2.50. The average molecular weight is 474 g/mol. The number of pyridine rings is 1. The van der Waals surface area contributed by atoms with E-state index in [1.807, 2.05) is 26.2 Å². The lowest BCUT2D eigenvalue weighted by Crippen LogP contribution is -2.16. The molecule has 0 spiro atoms. The summed E-state index contributed by atoms with van der Waals surface area (Å²) in [5.74, 6) is 1.08. The van der Waals surface area contributed by atoms with Crippen LogP contribution in [0.15, 0.2) is 30.5 Å². The maximum atomic E-state index is 9.68. The Labute approximate surface area is 197 Å². The lowest BCUT2D eigenvalue weighted by molar-refractivity contribution is 0.404. The van der Waals surface area contributed by atoms with Crippen molar-refractivity contribution >= 4 is 51.2 Å². The van der Waals surface area contributed by atoms with Crippen molar-refractivity contribution in [1.29, 1.82) is 5.26 Å². The summed E-state index contributed by atoms with van der Waals surface area (Å²) in [5.41, 5.74) is 2.97. The highest BCUT2D eigenvalue weighted by Gasteiger charge is 2.17. The predicted molar refractivity (Wildman–Crippen MR) is 131 cm³/mol. The summed E-state index contributed by atoms with van der Waals surface area (Å²) in [4.78, 5) is 6.64. The van der Waals surface area contributed by atoms with Crippen LogP contribution in [-0.4, -0.2) is 51.3 Å². The van der Waals surface area contributed by atoms with Gasteiger partial charge >= 0.3 is 0 Å². The second kappa shape index (κ2) is 10.6. The van der Waals surface area contributed by atoms with E-state index in [0.29, 0.717) is 44.0 Å². The fourth-order valence-electron chi connectivity index (χ4n) is 3.34. The van der Waals surface area contributed by atoms with Gasteiger partial charge in [-0.15, -0.1) is 0 Å². The molecular weight excluding hydrogens is 449 g/mol. The van der Waals surface area contributed by atoms with Gasteiger partial charge in [0.05, 0.1) is 46.9 Å². The third-order valence-electron chi connectivity index (χ3n) is 4.92. The first-order valence-corrected chi connectivity index (χ1v) is 10.7. The molecule has 2 aromatic carbocycles. The van der Waals surface area contributed by atoms with Crippen LogP contribution >= 0.6 is 23.2 Å². The number of fused-ring (bicyclic) bond motifs is 1. The first-order chi connectivity index (χ1) is 15.4. The summed E-state index contributed by atoms with van der Waals surface area (Å²) >= 11 is 12.6. The van der Waals surface area contributed by atoms with E-state index in [1.165, 1.54) is 13.3 Å². The van der Waals surface area contributed by atoms with Crippen LogP contribution in [0.2, 0.25) is 10.0 Å². The van der Waals surface area contributed by atoms with Crippen LogP contribution < -0.4 is 20.1 Å². The first-order valence-electron chi connectivity index (χ1n) is 9.98. The smallest absolute Gasteiger partial charge is 0.168 e. The van der Waals surface area contributed by atoms with Gasteiger partial charge in [0, 0.05) is 24.2 Å². The van der Waals surface area contributed by atoms with Crippen LogP contribution in [0.1, 0.15) is 12.0 Å². The molecule has 0 amide bonds. The molecule has 0 aliphatic rings. The molecule has 7 nitrogen and oxygen atoms in total. The van der Waals surface area contributed by atoms with E-state index in [0.717, 1.165) is 30.6 Å². The molecule has 0 unspecified atom stereocenters. The quantitative estimate of drug-likeness (QED) is 0.394. The standard InChI is InChI=1S/C23H25Cl2N5O2/c1-30(2)9-5-8-27-18-7-6-15-21(14(12-26)13-28-22(15)23(18)32-4)29-19-11-20(31-3)17(25)10-16(19)24/h6-7,10-11,13,27H,5,8-9H2,1-4H3,(H,28,29). The Morgan fingerprint density at radius 2 is 1.88 bits per heavy atom. The number of halogens is 2. The van der Waals surface area contributed by atoms with E-state index in [4.69, 9.17) is 32.7 Å². The van der Waals surface area contributed by atoms with Crippen LogP contribution in [0.3, 0.4) is 0 Å². The zero-order valence-corrected chi connectivity index (χ0v) is 19.9. The van der Waals surface area contributed by atoms with E-state index in [-0.39, 0.29) is 0 Å². The highest BCUT2D eigenvalue weighted by molar-refractivity contribution is 6.37. The van der Waals surface area contributed by atoms with Crippen LogP contribution in [0, 0.1) is 11.3 Å². The Kier molecular flexibility index (Phi) is 7.86. The zero-order chi connectivity index (χ0) is 23.3. The molecule has 2 N–H and O–H groups in total. The van der Waals surface area contributed by atoms with Crippen LogP contribution in [-0.2, 0) is 0 Å². The monoisotopic (exact) mass is 473 g/mol. The Hall–Kier alpha value is -2.92. The summed E-state index contributed by atoms with van der Waals surface area (Å²) in [7, 11) is 7.22. The van der Waals surface area contributed by atoms with Gasteiger partial charge in [-0.25, -0.2) is 0 Å². The van der Waals surface area contributed by atoms with E-state index < -0.39 is 0 Å². The van der Waals surface area contributed by atoms with Crippen molar-refractivity contribution in [3.63, 3.8) is 0 Å². The number of nitrogens with one attached hydrogen (secondary N) is 2. The number of anilines is 3. The molecule has 32 heavy (non-hydrogen) atoms. The van der Waals surface area contributed by atoms with E-state index in [9.17, 15) is 5.26 Å². The summed E-state index contributed by atoms with van der Waals surface area (Å²) in [6.45, 7) is 1.77. The minimum atomic E-state index is 0.372. The van der Waals surface area contributed by atoms with Gasteiger partial charge in [-0.2, -0.15) is 5.26 Å². The number of benzene rings is 2. The Balaban J connectivity index is 2.04. The number of nitrogens with zero attached hydrogens (tertiary/aromatic N) is 3. The molecule has 0 bridgehead atoms. The number of methoxy groups -OCH3 is 2. The fourth-order valence-corrected chi connectivity index (χ4v) is 3.85. The van der Waals surface area contributed by atoms with E-state index in [2.05, 4.69) is 26.6 Å². The molecule has 9 heteroatoms. The number of hydrogen-bond donors (Lipinski definition) is 2. The van der Waals surface area contributed by atoms with Gasteiger partial charge in [0.15, 0.2) is 5.75 Å². The topological polar surface area (TPSA) is 82.4 Å². The molecule has 0 saturated carbocycles. The third kappa shape index (κ3) is 5.10. The maximum Gasteiger partial charge on any atom is 0.168 e. The SMILES string of the molecule is COc1cc(Nc2c(C#N)cnc3c(OC)c(NCCCN(C)C)ccc23)c(Cl)cc1Cl. The van der Waals surface area contributed by atoms with Crippen LogP contribution in [0.25, 0.3) is 10.9 Å². The molecule has 3 rings (SSSR count). The third-order valence-corrected chi connectivity index (χ3v) is 5.52. The normalized spacial score (nSPS) is 10.8. The van der Waals surface area contributed by atoms with Crippen molar-refractivity contribution in [3.8, 4) is 17.6 Å². The number of hydrogen-bond acceptors (Lipinski definition) is 7. The Bertz CT molecular complexity index is 1160. The molecule has 0 radical (unpaired) electrons. The molecule has 1 aromatic heterocycles. The molecule has 0 aliphatic carbocycles. The van der Waals surface area contributed by atoms with Gasteiger partial charge in [-0.1, -0.05) is 23.2 Å². The minimum absolute atomic E-state index is 0.372. The molecule has 3 aromatic rings. The predicted octanol–water partition coefficient (Wildman–Crippen LogP) is 5.54. The number of ether oxygens (including phenoxy) is 2. The molecular formula is C23H25Cl2N5O2. The second-order valence-electron chi connectivity index (χ2n) is 7.38. The number of aromatic nitrogens is 1. The van der Waals surface area contributed by atoms with E-state index in [1.54, 1.807) is 19.2 Å². The van der Waals surface area contributed by atoms with Gasteiger partial charge in [0.2, 0.25) is 0 Å². The van der Waals surface area contributed by atoms with Crippen molar-refractivity contribution in [2.45, 2.75) is 6.42 Å². The van der Waals surface area contributed by atoms with Crippen LogP contribution in [0.4, 0.5) is 17.1 Å². The van der Waals surface area contributed by atoms with Crippen LogP contribution in [0.5, 0.6) is 11.5 Å². The zero-order valence-electron chi connectivity index (χ0n) is 18.4. The Morgan fingerprint density at radius 3 is 2.53 bits per heavy atom. The molecule has 0 saturated heterocycles. The molecule has 0 fully saturated rings. The molecule has 0 aliphatic heterocycles. The lowest BCUT2D eigenvalue weighted by Gasteiger charge is -2.18. The second-order valence-corrected chi connectivity index (χ2v) is 8.19. The van der Waals surface area contributed by atoms with Crippen molar-refractivity contribution in [3.05, 3.63) is 46.1 Å². The number of nitriles is 1. The first kappa shape index (κ1) is 23.7. The van der Waals surface area contributed by atoms with Crippen molar-refractivity contribution in [2.75, 3.05) is 52.0 Å². The van der Waals surface area contributed by atoms with Crippen molar-refractivity contribution < 1.29 is 9.47 Å². The summed E-state index contributed by atoms with van der Waals surface area (Å²) < 4.78 is 11.0. The maximum absolute atomic E-state index is 9.68. The van der Waals surface area contributed by atoms with Crippen molar-refractivity contribution in [2.24, 2.45) is 0 Å². The van der Waals surface area contributed by atoms with Gasteiger partial charge < -0.3 is 25.0 Å². The fraction of sp³-hybridized carbons (Fsp3) is 0.304. The van der Waals surface area contributed by atoms with Crippen molar-refractivity contribution in [1.82, 2.24) is 9.88 Å². The van der Waals surface area contributed by atoms with E-state index >= 15 is 0 Å². The Morgan fingerprint density at radius 1 is 1.09 bits per heavy atom. The highest BCUT2D eigenvalue weighted by Crippen LogP contribution is 2.40. The molecule has 168 valence electrons. The average Bonchev–Trinajstić information content (AvgIpc) is 2.77. The van der Waals surface area contributed by atoms with Gasteiger partial charge in [-0.05, 0) is 45.3 Å². The molecule has 1 heterocycles. The largest absolute Gasteiger partial charge is 0.495 e. The summed E-state index contributed by atoms with van der Waals surface area (Å²) in [6, 6.07) is 9.30. The van der Waals surface area contributed by atoms with Gasteiger partial charge in [0.25, 0.3) is 0 Å². The minimum Gasteiger partial charge on any atom is -0.495 e. The summed E-state index contributed by atoms with van der Waals surface area (Å²) in [5, 5.41) is 17.9. The van der Waals surface area contributed by atoms with Gasteiger partial charge in [-0.3, -0.25) is 4.98 Å². The molecule has 0 atom stereocenters. The lowest BCUT2D eigenvalue weighted by atomic mass is 10.1.